The number of benzene rings is 8. The molecule has 250 valence electrons. The van der Waals surface area contributed by atoms with Crippen LogP contribution in [0.4, 0.5) is 0 Å². The Morgan fingerprint density at radius 1 is 0.352 bits per heavy atom. The monoisotopic (exact) mass is 686 g/mol. The van der Waals surface area contributed by atoms with Crippen molar-refractivity contribution < 1.29 is 0 Å². The van der Waals surface area contributed by atoms with Gasteiger partial charge < -0.3 is 9.13 Å². The summed E-state index contributed by atoms with van der Waals surface area (Å²) in [5, 5.41) is 25.0. The van der Waals surface area contributed by atoms with Crippen molar-refractivity contribution in [1.82, 2.24) is 9.13 Å². The van der Waals surface area contributed by atoms with Crippen LogP contribution >= 0.6 is 0 Å². The van der Waals surface area contributed by atoms with Crippen molar-refractivity contribution in [2.24, 2.45) is 0 Å². The van der Waals surface area contributed by atoms with Crippen LogP contribution in [0, 0.1) is 22.7 Å². The second-order valence-corrected chi connectivity index (χ2v) is 13.6. The van der Waals surface area contributed by atoms with Gasteiger partial charge in [0, 0.05) is 44.0 Å². The fourth-order valence-corrected chi connectivity index (χ4v) is 8.12. The predicted molar refractivity (Wildman–Crippen MR) is 221 cm³/mol. The number of hydrogen-bond acceptors (Lipinski definition) is 2. The molecular formula is C50H30N4. The van der Waals surface area contributed by atoms with E-state index in [0.717, 1.165) is 77.2 Å². The molecule has 0 atom stereocenters. The van der Waals surface area contributed by atoms with Gasteiger partial charge in [-0.25, -0.2) is 0 Å². The largest absolute Gasteiger partial charge is 0.309 e. The number of nitrogens with zero attached hydrogens (tertiary/aromatic N) is 4. The molecule has 4 nitrogen and oxygen atoms in total. The highest BCUT2D eigenvalue weighted by atomic mass is 15.0. The maximum atomic E-state index is 10.5. The SMILES string of the molecule is N#Cc1ccc(C#N)c(-c2cc(-n3c4ccc(-c5ccccc5)cc4c4cc(-c5ccccc5)ccc43)cc3c4ccccc4n(-c4ccccc4)c23)c1. The first-order valence-corrected chi connectivity index (χ1v) is 18.0. The standard InChI is InChI=1S/C50H30N4/c51-31-33-20-21-38(32-52)42(26-33)46-30-40(29-45-41-18-10-11-19-47(41)54(50(45)46)39-16-8-3-9-17-39)53-48-24-22-36(34-12-4-1-5-13-34)27-43(48)44-28-37(23-25-49(44)53)35-14-6-2-7-15-35/h1-30H. The Labute approximate surface area is 312 Å². The number of para-hydroxylation sites is 2. The molecule has 0 spiro atoms. The van der Waals surface area contributed by atoms with E-state index in [-0.39, 0.29) is 0 Å². The lowest BCUT2D eigenvalue weighted by atomic mass is 9.95. The molecule has 4 heteroatoms. The van der Waals surface area contributed by atoms with Crippen LogP contribution in [-0.2, 0) is 0 Å². The summed E-state index contributed by atoms with van der Waals surface area (Å²) in [7, 11) is 0. The van der Waals surface area contributed by atoms with Crippen molar-refractivity contribution in [3.8, 4) is 56.9 Å². The molecule has 0 aliphatic carbocycles. The summed E-state index contributed by atoms with van der Waals surface area (Å²) in [4.78, 5) is 0. The zero-order valence-corrected chi connectivity index (χ0v) is 29.1. The van der Waals surface area contributed by atoms with Gasteiger partial charge in [0.2, 0.25) is 0 Å². The Kier molecular flexibility index (Phi) is 7.22. The van der Waals surface area contributed by atoms with Gasteiger partial charge in [0.25, 0.3) is 0 Å². The van der Waals surface area contributed by atoms with Gasteiger partial charge in [-0.1, -0.05) is 109 Å². The lowest BCUT2D eigenvalue weighted by molar-refractivity contribution is 1.17. The molecule has 10 aromatic rings. The molecule has 0 fully saturated rings. The molecule has 0 unspecified atom stereocenters. The van der Waals surface area contributed by atoms with E-state index in [1.807, 2.05) is 36.4 Å². The third-order valence-electron chi connectivity index (χ3n) is 10.6. The van der Waals surface area contributed by atoms with E-state index in [1.165, 1.54) is 11.1 Å². The second kappa shape index (κ2) is 12.5. The molecule has 2 aromatic heterocycles. The number of nitriles is 2. The van der Waals surface area contributed by atoms with Crippen LogP contribution in [0.3, 0.4) is 0 Å². The molecule has 10 rings (SSSR count). The minimum atomic E-state index is 0.503. The summed E-state index contributed by atoms with van der Waals surface area (Å²) in [6, 6.07) is 67.9. The first-order chi connectivity index (χ1) is 26.7. The van der Waals surface area contributed by atoms with Gasteiger partial charge in [-0.3, -0.25) is 0 Å². The lowest BCUT2D eigenvalue weighted by Crippen LogP contribution is -1.99. The quantitative estimate of drug-likeness (QED) is 0.181. The molecule has 54 heavy (non-hydrogen) atoms. The molecule has 0 saturated heterocycles. The molecule has 0 aliphatic heterocycles. The Hall–Kier alpha value is -7.66. The molecule has 0 amide bonds. The van der Waals surface area contributed by atoms with Gasteiger partial charge in [-0.2, -0.15) is 10.5 Å². The van der Waals surface area contributed by atoms with Crippen molar-refractivity contribution in [1.29, 1.82) is 10.5 Å². The van der Waals surface area contributed by atoms with E-state index in [9.17, 15) is 10.5 Å². The summed E-state index contributed by atoms with van der Waals surface area (Å²) >= 11 is 0. The van der Waals surface area contributed by atoms with E-state index in [2.05, 4.69) is 155 Å². The average molecular weight is 687 g/mol. The van der Waals surface area contributed by atoms with Gasteiger partial charge in [-0.15, -0.1) is 0 Å². The molecule has 8 aromatic carbocycles. The van der Waals surface area contributed by atoms with Gasteiger partial charge in [0.1, 0.15) is 0 Å². The number of aromatic nitrogens is 2. The van der Waals surface area contributed by atoms with Gasteiger partial charge >= 0.3 is 0 Å². The van der Waals surface area contributed by atoms with E-state index in [4.69, 9.17) is 0 Å². The maximum Gasteiger partial charge on any atom is 0.0998 e. The molecular weight excluding hydrogens is 657 g/mol. The average Bonchev–Trinajstić information content (AvgIpc) is 3.76. The summed E-state index contributed by atoms with van der Waals surface area (Å²) in [5.74, 6) is 0. The van der Waals surface area contributed by atoms with E-state index >= 15 is 0 Å². The Bertz CT molecular complexity index is 3060. The first-order valence-electron chi connectivity index (χ1n) is 18.0. The van der Waals surface area contributed by atoms with Gasteiger partial charge in [0.15, 0.2) is 0 Å². The molecule has 0 bridgehead atoms. The highest BCUT2D eigenvalue weighted by Gasteiger charge is 2.22. The molecule has 2 heterocycles. The minimum Gasteiger partial charge on any atom is -0.309 e. The predicted octanol–water partition coefficient (Wildman–Crippen LogP) is 12.6. The third kappa shape index (κ3) is 4.90. The van der Waals surface area contributed by atoms with Crippen molar-refractivity contribution in [3.05, 3.63) is 193 Å². The van der Waals surface area contributed by atoms with Gasteiger partial charge in [-0.05, 0) is 95.1 Å². The van der Waals surface area contributed by atoms with E-state index in [1.54, 1.807) is 12.1 Å². The second-order valence-electron chi connectivity index (χ2n) is 13.6. The van der Waals surface area contributed by atoms with Crippen molar-refractivity contribution in [2.75, 3.05) is 0 Å². The fourth-order valence-electron chi connectivity index (χ4n) is 8.12. The zero-order chi connectivity index (χ0) is 36.2. The molecule has 0 aliphatic rings. The highest BCUT2D eigenvalue weighted by molar-refractivity contribution is 6.16. The van der Waals surface area contributed by atoms with Crippen LogP contribution in [0.25, 0.3) is 88.4 Å². The normalized spacial score (nSPS) is 11.3. The van der Waals surface area contributed by atoms with Crippen LogP contribution in [0.1, 0.15) is 11.1 Å². The van der Waals surface area contributed by atoms with Crippen molar-refractivity contribution in [2.45, 2.75) is 0 Å². The topological polar surface area (TPSA) is 57.4 Å². The van der Waals surface area contributed by atoms with Crippen molar-refractivity contribution >= 4 is 43.6 Å². The number of fused-ring (bicyclic) bond motifs is 6. The maximum absolute atomic E-state index is 10.5. The van der Waals surface area contributed by atoms with Crippen molar-refractivity contribution in [3.63, 3.8) is 0 Å². The molecule has 0 radical (unpaired) electrons. The van der Waals surface area contributed by atoms with Crippen LogP contribution in [0.5, 0.6) is 0 Å². The van der Waals surface area contributed by atoms with Crippen LogP contribution in [-0.4, -0.2) is 9.13 Å². The lowest BCUT2D eigenvalue weighted by Gasteiger charge is -2.16. The van der Waals surface area contributed by atoms with Crippen LogP contribution in [0.2, 0.25) is 0 Å². The Morgan fingerprint density at radius 3 is 1.54 bits per heavy atom. The molecule has 0 saturated carbocycles. The summed E-state index contributed by atoms with van der Waals surface area (Å²) in [6.07, 6.45) is 0. The van der Waals surface area contributed by atoms with E-state index < -0.39 is 0 Å². The Balaban J connectivity index is 1.35. The van der Waals surface area contributed by atoms with Crippen LogP contribution in [0.15, 0.2) is 182 Å². The third-order valence-corrected chi connectivity index (χ3v) is 10.6. The summed E-state index contributed by atoms with van der Waals surface area (Å²) in [5.41, 5.74) is 13.5. The first kappa shape index (κ1) is 31.1. The Morgan fingerprint density at radius 2 is 0.926 bits per heavy atom. The number of rotatable bonds is 5. The smallest absolute Gasteiger partial charge is 0.0998 e. The molecule has 0 N–H and O–H groups in total. The highest BCUT2D eigenvalue weighted by Crippen LogP contribution is 2.43. The van der Waals surface area contributed by atoms with Gasteiger partial charge in [0.05, 0.1) is 45.3 Å². The summed E-state index contributed by atoms with van der Waals surface area (Å²) in [6.45, 7) is 0. The summed E-state index contributed by atoms with van der Waals surface area (Å²) < 4.78 is 4.64. The van der Waals surface area contributed by atoms with E-state index in [0.29, 0.717) is 11.1 Å². The number of hydrogen-bond donors (Lipinski definition) is 0. The fraction of sp³-hybridized carbons (Fsp3) is 0. The minimum absolute atomic E-state index is 0.503. The zero-order valence-electron chi connectivity index (χ0n) is 29.1. The van der Waals surface area contributed by atoms with Crippen LogP contribution < -0.4 is 0 Å².